The normalized spacial score (nSPS) is 23.8. The maximum absolute atomic E-state index is 3.16. The molecule has 19 heavy (non-hydrogen) atoms. The van der Waals surface area contributed by atoms with Crippen molar-refractivity contribution in [1.29, 1.82) is 0 Å². The lowest BCUT2D eigenvalue weighted by molar-refractivity contribution is 0.413. The number of fused-ring (bicyclic) bond motifs is 2. The third-order valence-electron chi connectivity index (χ3n) is 4.17. The van der Waals surface area contributed by atoms with Crippen LogP contribution in [-0.4, -0.2) is 13.1 Å². The molecular formula is C17H22N2. The van der Waals surface area contributed by atoms with E-state index in [0.29, 0.717) is 0 Å². The second-order valence-corrected chi connectivity index (χ2v) is 5.46. The van der Waals surface area contributed by atoms with E-state index in [2.05, 4.69) is 53.3 Å². The van der Waals surface area contributed by atoms with Crippen LogP contribution in [0.25, 0.3) is 0 Å². The molecule has 0 aromatic heterocycles. The number of rotatable bonds is 0. The first-order chi connectivity index (χ1) is 9.43. The van der Waals surface area contributed by atoms with Gasteiger partial charge >= 0.3 is 0 Å². The van der Waals surface area contributed by atoms with E-state index in [-0.39, 0.29) is 0 Å². The van der Waals surface area contributed by atoms with Gasteiger partial charge in [-0.1, -0.05) is 48.1 Å². The smallest absolute Gasteiger partial charge is 0.0316 e. The molecule has 0 saturated carbocycles. The molecule has 0 bridgehead atoms. The molecule has 1 aliphatic heterocycles. The van der Waals surface area contributed by atoms with Gasteiger partial charge in [0.15, 0.2) is 0 Å². The predicted octanol–water partition coefficient (Wildman–Crippen LogP) is 2.77. The van der Waals surface area contributed by atoms with Gasteiger partial charge in [0.2, 0.25) is 0 Å². The maximum Gasteiger partial charge on any atom is 0.0316 e. The Balaban J connectivity index is 0.000000117. The first-order valence-corrected chi connectivity index (χ1v) is 7.31. The molecule has 100 valence electrons. The van der Waals surface area contributed by atoms with E-state index >= 15 is 0 Å². The van der Waals surface area contributed by atoms with Crippen molar-refractivity contribution in [2.24, 2.45) is 5.92 Å². The molecule has 1 saturated heterocycles. The summed E-state index contributed by atoms with van der Waals surface area (Å²) in [6.45, 7) is 2.09. The number of hydrogen-bond acceptors (Lipinski definition) is 2. The molecule has 2 N–H and O–H groups in total. The van der Waals surface area contributed by atoms with Crippen LogP contribution >= 0.6 is 0 Å². The van der Waals surface area contributed by atoms with Gasteiger partial charge in [0.1, 0.15) is 0 Å². The van der Waals surface area contributed by atoms with Crippen molar-refractivity contribution in [3.8, 4) is 0 Å². The summed E-state index contributed by atoms with van der Waals surface area (Å²) in [5.74, 6) is 0.756. The minimum Gasteiger partial charge on any atom is -0.257 e. The largest absolute Gasteiger partial charge is 0.257 e. The summed E-state index contributed by atoms with van der Waals surface area (Å²) in [6.07, 6.45) is 11.8. The van der Waals surface area contributed by atoms with E-state index in [1.165, 1.54) is 25.7 Å². The Labute approximate surface area is 115 Å². The van der Waals surface area contributed by atoms with Crippen molar-refractivity contribution in [1.82, 2.24) is 10.9 Å². The average Bonchev–Trinajstić information content (AvgIpc) is 2.96. The second kappa shape index (κ2) is 6.18. The molecule has 2 heteroatoms. The molecule has 0 radical (unpaired) electrons. The van der Waals surface area contributed by atoms with Gasteiger partial charge < -0.3 is 0 Å². The number of aryl methyl sites for hydroxylation is 2. The van der Waals surface area contributed by atoms with E-state index in [1.807, 2.05) is 0 Å². The van der Waals surface area contributed by atoms with E-state index in [9.17, 15) is 0 Å². The standard InChI is InChI=1S/C9H10.C8H12N2/c1-2-5-9-7-3-6-8(9)4-1;1-2-4-8-6-10-9-5-7(8)3-1/h1-2,4-5H,3,6-7H2;1-3,8-10H,4-6H2. The summed E-state index contributed by atoms with van der Waals surface area (Å²) in [5.41, 5.74) is 11.0. The topological polar surface area (TPSA) is 24.1 Å². The van der Waals surface area contributed by atoms with Gasteiger partial charge in [-0.05, 0) is 42.7 Å². The first-order valence-electron chi connectivity index (χ1n) is 7.31. The van der Waals surface area contributed by atoms with Crippen molar-refractivity contribution in [3.05, 3.63) is 59.2 Å². The molecule has 3 aliphatic rings. The monoisotopic (exact) mass is 254 g/mol. The van der Waals surface area contributed by atoms with Crippen molar-refractivity contribution < 1.29 is 0 Å². The third-order valence-corrected chi connectivity index (χ3v) is 4.17. The summed E-state index contributed by atoms with van der Waals surface area (Å²) >= 11 is 0. The molecule has 1 aromatic rings. The van der Waals surface area contributed by atoms with Crippen LogP contribution in [0.5, 0.6) is 0 Å². The zero-order chi connectivity index (χ0) is 12.9. The van der Waals surface area contributed by atoms with Crippen molar-refractivity contribution in [2.45, 2.75) is 25.7 Å². The fraction of sp³-hybridized carbons (Fsp3) is 0.412. The highest BCUT2D eigenvalue weighted by atomic mass is 15.4. The number of hydrazine groups is 1. The predicted molar refractivity (Wildman–Crippen MR) is 79.8 cm³/mol. The van der Waals surface area contributed by atoms with Gasteiger partial charge in [0.25, 0.3) is 0 Å². The second-order valence-electron chi connectivity index (χ2n) is 5.46. The highest BCUT2D eigenvalue weighted by Crippen LogP contribution is 2.21. The lowest BCUT2D eigenvalue weighted by Crippen LogP contribution is -2.44. The zero-order valence-corrected chi connectivity index (χ0v) is 11.4. The van der Waals surface area contributed by atoms with Crippen molar-refractivity contribution >= 4 is 0 Å². The van der Waals surface area contributed by atoms with E-state index in [0.717, 1.165) is 19.0 Å². The van der Waals surface area contributed by atoms with Gasteiger partial charge in [0.05, 0.1) is 0 Å². The number of nitrogens with one attached hydrogen (secondary N) is 2. The molecule has 0 spiro atoms. The Morgan fingerprint density at radius 2 is 1.79 bits per heavy atom. The summed E-state index contributed by atoms with van der Waals surface area (Å²) in [5, 5.41) is 0. The van der Waals surface area contributed by atoms with Crippen LogP contribution in [-0.2, 0) is 12.8 Å². The molecule has 1 fully saturated rings. The molecular weight excluding hydrogens is 232 g/mol. The quantitative estimate of drug-likeness (QED) is 0.744. The molecule has 1 unspecified atom stereocenters. The van der Waals surface area contributed by atoms with E-state index in [4.69, 9.17) is 0 Å². The van der Waals surface area contributed by atoms with Gasteiger partial charge in [-0.2, -0.15) is 0 Å². The van der Waals surface area contributed by atoms with Crippen LogP contribution in [0.4, 0.5) is 0 Å². The molecule has 2 nitrogen and oxygen atoms in total. The first kappa shape index (κ1) is 12.6. The Morgan fingerprint density at radius 3 is 2.53 bits per heavy atom. The van der Waals surface area contributed by atoms with Crippen molar-refractivity contribution in [2.75, 3.05) is 13.1 Å². The Bertz CT molecular complexity index is 465. The summed E-state index contributed by atoms with van der Waals surface area (Å²) < 4.78 is 0. The van der Waals surface area contributed by atoms with Crippen LogP contribution in [0.3, 0.4) is 0 Å². The summed E-state index contributed by atoms with van der Waals surface area (Å²) in [7, 11) is 0. The highest BCUT2D eigenvalue weighted by molar-refractivity contribution is 5.30. The fourth-order valence-electron chi connectivity index (χ4n) is 3.01. The molecule has 4 rings (SSSR count). The van der Waals surface area contributed by atoms with Gasteiger partial charge in [-0.3, -0.25) is 10.9 Å². The Morgan fingerprint density at radius 1 is 1.00 bits per heavy atom. The Kier molecular flexibility index (Phi) is 4.11. The lowest BCUT2D eigenvalue weighted by Gasteiger charge is -2.27. The number of benzene rings is 1. The zero-order valence-electron chi connectivity index (χ0n) is 11.4. The molecule has 1 heterocycles. The van der Waals surface area contributed by atoms with Gasteiger partial charge in [-0.15, -0.1) is 0 Å². The van der Waals surface area contributed by atoms with Gasteiger partial charge in [-0.25, -0.2) is 0 Å². The number of hydrogen-bond donors (Lipinski definition) is 2. The van der Waals surface area contributed by atoms with Crippen LogP contribution in [0.2, 0.25) is 0 Å². The fourth-order valence-corrected chi connectivity index (χ4v) is 3.01. The Hall–Kier alpha value is -1.38. The maximum atomic E-state index is 3.16. The van der Waals surface area contributed by atoms with E-state index < -0.39 is 0 Å². The average molecular weight is 254 g/mol. The number of allylic oxidation sites excluding steroid dienone is 3. The summed E-state index contributed by atoms with van der Waals surface area (Å²) in [4.78, 5) is 0. The minimum absolute atomic E-state index is 0.756. The van der Waals surface area contributed by atoms with Crippen LogP contribution in [0, 0.1) is 5.92 Å². The lowest BCUT2D eigenvalue weighted by atomic mass is 9.90. The van der Waals surface area contributed by atoms with Crippen LogP contribution in [0.15, 0.2) is 48.1 Å². The van der Waals surface area contributed by atoms with Crippen molar-refractivity contribution in [3.63, 3.8) is 0 Å². The van der Waals surface area contributed by atoms with E-state index in [1.54, 1.807) is 16.7 Å². The highest BCUT2D eigenvalue weighted by Gasteiger charge is 2.17. The third kappa shape index (κ3) is 3.14. The SMILES string of the molecule is C1=CCC2CNNCC2=C1.c1ccc2c(c1)CCC2. The van der Waals surface area contributed by atoms with Crippen LogP contribution in [0.1, 0.15) is 24.0 Å². The molecule has 1 atom stereocenters. The van der Waals surface area contributed by atoms with Gasteiger partial charge in [0, 0.05) is 13.1 Å². The summed E-state index contributed by atoms with van der Waals surface area (Å²) in [6, 6.07) is 8.74. The molecule has 2 aliphatic carbocycles. The molecule has 0 amide bonds. The minimum atomic E-state index is 0.756. The van der Waals surface area contributed by atoms with Crippen LogP contribution < -0.4 is 10.9 Å². The molecule has 1 aromatic carbocycles.